The van der Waals surface area contributed by atoms with Crippen molar-refractivity contribution in [3.8, 4) is 0 Å². The van der Waals surface area contributed by atoms with Crippen LogP contribution in [0.2, 0.25) is 0 Å². The summed E-state index contributed by atoms with van der Waals surface area (Å²) in [7, 11) is 0. The van der Waals surface area contributed by atoms with E-state index >= 15 is 0 Å². The maximum absolute atomic E-state index is 3.79. The lowest BCUT2D eigenvalue weighted by atomic mass is 9.62. The van der Waals surface area contributed by atoms with Crippen LogP contribution in [-0.4, -0.2) is 12.6 Å². The van der Waals surface area contributed by atoms with E-state index in [-0.39, 0.29) is 0 Å². The molecule has 1 saturated carbocycles. The molecule has 1 fully saturated rings. The molecule has 0 radical (unpaired) electrons. The fourth-order valence-corrected chi connectivity index (χ4v) is 4.02. The van der Waals surface area contributed by atoms with Crippen molar-refractivity contribution in [2.45, 2.75) is 64.3 Å². The number of hydrogen-bond acceptors (Lipinski definition) is 1. The van der Waals surface area contributed by atoms with Crippen LogP contribution in [0.4, 0.5) is 0 Å². The lowest BCUT2D eigenvalue weighted by Gasteiger charge is -2.46. The number of benzene rings is 1. The zero-order valence-electron chi connectivity index (χ0n) is 12.8. The van der Waals surface area contributed by atoms with Gasteiger partial charge in [-0.1, -0.05) is 70.4 Å². The molecule has 1 aromatic rings. The van der Waals surface area contributed by atoms with Crippen LogP contribution >= 0.6 is 0 Å². The Balaban J connectivity index is 2.38. The molecule has 2 rings (SSSR count). The van der Waals surface area contributed by atoms with Gasteiger partial charge >= 0.3 is 0 Å². The van der Waals surface area contributed by atoms with Crippen molar-refractivity contribution in [3.63, 3.8) is 0 Å². The monoisotopic (exact) mass is 259 g/mol. The van der Waals surface area contributed by atoms with E-state index in [1.54, 1.807) is 5.56 Å². The van der Waals surface area contributed by atoms with E-state index in [4.69, 9.17) is 0 Å². The zero-order chi connectivity index (χ0) is 13.7. The number of hydrogen-bond donors (Lipinski definition) is 1. The van der Waals surface area contributed by atoms with Gasteiger partial charge in [-0.25, -0.2) is 0 Å². The minimum atomic E-state index is 0.351. The third-order valence-electron chi connectivity index (χ3n) is 4.78. The van der Waals surface area contributed by atoms with E-state index in [9.17, 15) is 0 Å². The van der Waals surface area contributed by atoms with Gasteiger partial charge in [-0.15, -0.1) is 0 Å². The third kappa shape index (κ3) is 3.02. The van der Waals surface area contributed by atoms with Gasteiger partial charge in [0.15, 0.2) is 0 Å². The Bertz CT molecular complexity index is 363. The molecule has 1 N–H and O–H groups in total. The molecular weight excluding hydrogens is 230 g/mol. The maximum atomic E-state index is 3.79. The molecule has 1 unspecified atom stereocenters. The molecular formula is C18H29N. The predicted molar refractivity (Wildman–Crippen MR) is 83.5 cm³/mol. The van der Waals surface area contributed by atoms with Gasteiger partial charge < -0.3 is 5.32 Å². The van der Waals surface area contributed by atoms with Crippen LogP contribution in [0.5, 0.6) is 0 Å². The summed E-state index contributed by atoms with van der Waals surface area (Å²) in [5.74, 6) is 0.679. The minimum Gasteiger partial charge on any atom is -0.313 e. The smallest absolute Gasteiger partial charge is 0.0187 e. The molecule has 1 aliphatic rings. The highest BCUT2D eigenvalue weighted by Crippen LogP contribution is 2.44. The van der Waals surface area contributed by atoms with Crippen LogP contribution < -0.4 is 5.32 Å². The van der Waals surface area contributed by atoms with Crippen molar-refractivity contribution in [2.75, 3.05) is 6.54 Å². The zero-order valence-corrected chi connectivity index (χ0v) is 12.8. The molecule has 0 spiro atoms. The molecule has 1 aromatic carbocycles. The molecule has 0 heterocycles. The van der Waals surface area contributed by atoms with Gasteiger partial charge in [0.2, 0.25) is 0 Å². The minimum absolute atomic E-state index is 0.351. The van der Waals surface area contributed by atoms with Crippen LogP contribution in [-0.2, 0) is 5.41 Å². The molecule has 1 atom stereocenters. The third-order valence-corrected chi connectivity index (χ3v) is 4.78. The van der Waals surface area contributed by atoms with E-state index in [0.717, 1.165) is 6.54 Å². The second-order valence-corrected chi connectivity index (χ2v) is 6.36. The quantitative estimate of drug-likeness (QED) is 0.819. The summed E-state index contributed by atoms with van der Waals surface area (Å²) in [4.78, 5) is 0. The number of nitrogens with one attached hydrogen (secondary N) is 1. The number of likely N-dealkylation sites (N-methyl/N-ethyl adjacent to an activating group) is 1. The Morgan fingerprint density at radius 2 is 1.68 bits per heavy atom. The molecule has 0 amide bonds. The highest BCUT2D eigenvalue weighted by Gasteiger charge is 2.41. The summed E-state index contributed by atoms with van der Waals surface area (Å²) in [6.45, 7) is 8.04. The summed E-state index contributed by atoms with van der Waals surface area (Å²) in [6, 6.07) is 11.8. The first-order valence-electron chi connectivity index (χ1n) is 7.99. The SMILES string of the molecule is CCNC(C(C)C)C1(c2ccccc2)CCCCC1. The van der Waals surface area contributed by atoms with Gasteiger partial charge in [-0.2, -0.15) is 0 Å². The Hall–Kier alpha value is -0.820. The van der Waals surface area contributed by atoms with Gasteiger partial charge in [0.1, 0.15) is 0 Å². The van der Waals surface area contributed by atoms with Crippen molar-refractivity contribution >= 4 is 0 Å². The lowest BCUT2D eigenvalue weighted by molar-refractivity contribution is 0.176. The fraction of sp³-hybridized carbons (Fsp3) is 0.667. The normalized spacial score (nSPS) is 20.4. The van der Waals surface area contributed by atoms with Crippen LogP contribution in [0.15, 0.2) is 30.3 Å². The molecule has 106 valence electrons. The summed E-state index contributed by atoms with van der Waals surface area (Å²) in [5.41, 5.74) is 1.90. The summed E-state index contributed by atoms with van der Waals surface area (Å²) < 4.78 is 0. The van der Waals surface area contributed by atoms with Gasteiger partial charge in [-0.05, 0) is 30.9 Å². The van der Waals surface area contributed by atoms with Crippen LogP contribution in [0.25, 0.3) is 0 Å². The first-order valence-corrected chi connectivity index (χ1v) is 7.99. The lowest BCUT2D eigenvalue weighted by Crippen LogP contribution is -2.52. The standard InChI is InChI=1S/C18H29N/c1-4-19-17(15(2)3)18(13-9-6-10-14-18)16-11-7-5-8-12-16/h5,7-8,11-12,15,17,19H,4,6,9-10,13-14H2,1-3H3. The Kier molecular flexibility index (Phi) is 5.04. The van der Waals surface area contributed by atoms with Gasteiger partial charge in [-0.3, -0.25) is 0 Å². The fourth-order valence-electron chi connectivity index (χ4n) is 4.02. The molecule has 1 aliphatic carbocycles. The van der Waals surface area contributed by atoms with Crippen molar-refractivity contribution < 1.29 is 0 Å². The average Bonchev–Trinajstić information content (AvgIpc) is 2.46. The first-order chi connectivity index (χ1) is 9.20. The summed E-state index contributed by atoms with van der Waals surface area (Å²) in [5, 5.41) is 3.79. The topological polar surface area (TPSA) is 12.0 Å². The van der Waals surface area contributed by atoms with Crippen molar-refractivity contribution in [1.29, 1.82) is 0 Å². The predicted octanol–water partition coefficient (Wildman–Crippen LogP) is 4.52. The van der Waals surface area contributed by atoms with E-state index in [2.05, 4.69) is 56.4 Å². The van der Waals surface area contributed by atoms with Crippen LogP contribution in [0, 0.1) is 5.92 Å². The summed E-state index contributed by atoms with van der Waals surface area (Å²) in [6.07, 6.45) is 6.85. The molecule has 0 saturated heterocycles. The van der Waals surface area contributed by atoms with Crippen LogP contribution in [0.1, 0.15) is 58.4 Å². The van der Waals surface area contributed by atoms with Crippen LogP contribution in [0.3, 0.4) is 0 Å². The van der Waals surface area contributed by atoms with E-state index in [1.165, 1.54) is 32.1 Å². The Labute approximate surface area is 118 Å². The Morgan fingerprint density at radius 1 is 1.05 bits per heavy atom. The van der Waals surface area contributed by atoms with Gasteiger partial charge in [0.05, 0.1) is 0 Å². The van der Waals surface area contributed by atoms with E-state index < -0.39 is 0 Å². The first kappa shape index (κ1) is 14.6. The molecule has 0 bridgehead atoms. The van der Waals surface area contributed by atoms with Gasteiger partial charge in [0, 0.05) is 11.5 Å². The Morgan fingerprint density at radius 3 is 2.21 bits per heavy atom. The molecule has 0 aliphatic heterocycles. The highest BCUT2D eigenvalue weighted by atomic mass is 14.9. The number of rotatable bonds is 5. The molecule has 19 heavy (non-hydrogen) atoms. The second kappa shape index (κ2) is 6.56. The van der Waals surface area contributed by atoms with Crippen molar-refractivity contribution in [1.82, 2.24) is 5.32 Å². The van der Waals surface area contributed by atoms with Crippen molar-refractivity contribution in [2.24, 2.45) is 5.92 Å². The summed E-state index contributed by atoms with van der Waals surface area (Å²) >= 11 is 0. The average molecular weight is 259 g/mol. The second-order valence-electron chi connectivity index (χ2n) is 6.36. The van der Waals surface area contributed by atoms with Gasteiger partial charge in [0.25, 0.3) is 0 Å². The van der Waals surface area contributed by atoms with E-state index in [1.807, 2.05) is 0 Å². The maximum Gasteiger partial charge on any atom is 0.0187 e. The van der Waals surface area contributed by atoms with Crippen molar-refractivity contribution in [3.05, 3.63) is 35.9 Å². The molecule has 1 heteroatoms. The molecule has 1 nitrogen and oxygen atoms in total. The highest BCUT2D eigenvalue weighted by molar-refractivity contribution is 5.29. The van der Waals surface area contributed by atoms with E-state index in [0.29, 0.717) is 17.4 Å². The largest absolute Gasteiger partial charge is 0.313 e. The molecule has 0 aromatic heterocycles.